The van der Waals surface area contributed by atoms with Crippen LogP contribution in [0, 0.1) is 0 Å². The highest BCUT2D eigenvalue weighted by atomic mass is 32.1. The van der Waals surface area contributed by atoms with Crippen molar-refractivity contribution < 1.29 is 20.1 Å². The number of thiophene rings is 1. The van der Waals surface area contributed by atoms with Gasteiger partial charge in [0.15, 0.2) is 0 Å². The van der Waals surface area contributed by atoms with Gasteiger partial charge in [-0.25, -0.2) is 0 Å². The lowest BCUT2D eigenvalue weighted by molar-refractivity contribution is 0.00439. The first-order chi connectivity index (χ1) is 7.19. The van der Waals surface area contributed by atoms with Gasteiger partial charge in [0.25, 0.3) is 0 Å². The first-order valence-corrected chi connectivity index (χ1v) is 5.60. The summed E-state index contributed by atoms with van der Waals surface area (Å²) in [5.41, 5.74) is 0.674. The molecule has 0 aliphatic rings. The Bertz CT molecular complexity index is 287. The molecule has 0 saturated heterocycles. The maximum atomic E-state index is 9.71. The molecule has 0 bridgehead atoms. The molecule has 4 nitrogen and oxygen atoms in total. The minimum Gasteiger partial charge on any atom is -0.396 e. The monoisotopic (exact) mass is 232 g/mol. The van der Waals surface area contributed by atoms with Crippen LogP contribution >= 0.6 is 11.3 Å². The van der Waals surface area contributed by atoms with E-state index in [1.165, 1.54) is 11.3 Å². The zero-order chi connectivity index (χ0) is 11.3. The van der Waals surface area contributed by atoms with Crippen LogP contribution in [0.25, 0.3) is 0 Å². The largest absolute Gasteiger partial charge is 0.396 e. The Morgan fingerprint density at radius 1 is 1.47 bits per heavy atom. The Kier molecular flexibility index (Phi) is 5.21. The summed E-state index contributed by atoms with van der Waals surface area (Å²) in [4.78, 5) is 1.00. The molecule has 0 saturated carbocycles. The summed E-state index contributed by atoms with van der Waals surface area (Å²) in [7, 11) is 1.61. The molecular weight excluding hydrogens is 216 g/mol. The highest BCUT2D eigenvalue weighted by Crippen LogP contribution is 2.24. The van der Waals surface area contributed by atoms with E-state index in [0.717, 1.165) is 4.88 Å². The van der Waals surface area contributed by atoms with Gasteiger partial charge in [0, 0.05) is 18.6 Å². The van der Waals surface area contributed by atoms with Gasteiger partial charge in [-0.1, -0.05) is 0 Å². The molecule has 0 aromatic carbocycles. The van der Waals surface area contributed by atoms with Gasteiger partial charge in [0.2, 0.25) is 0 Å². The fourth-order valence-electron chi connectivity index (χ4n) is 1.28. The van der Waals surface area contributed by atoms with Crippen LogP contribution in [0.1, 0.15) is 23.0 Å². The average Bonchev–Trinajstić information content (AvgIpc) is 2.66. The second-order valence-corrected chi connectivity index (χ2v) is 4.30. The molecule has 5 heteroatoms. The van der Waals surface area contributed by atoms with Crippen molar-refractivity contribution in [3.05, 3.63) is 21.9 Å². The van der Waals surface area contributed by atoms with Crippen LogP contribution in [-0.4, -0.2) is 35.1 Å². The van der Waals surface area contributed by atoms with Gasteiger partial charge < -0.3 is 20.1 Å². The fourth-order valence-corrected chi connectivity index (χ4v) is 2.17. The number of hydrogen-bond acceptors (Lipinski definition) is 5. The molecule has 1 aromatic heterocycles. The Labute approximate surface area is 92.8 Å². The zero-order valence-electron chi connectivity index (χ0n) is 8.59. The topological polar surface area (TPSA) is 69.9 Å². The Morgan fingerprint density at radius 2 is 2.20 bits per heavy atom. The van der Waals surface area contributed by atoms with Gasteiger partial charge in [-0.3, -0.25) is 0 Å². The molecule has 0 aliphatic heterocycles. The smallest absolute Gasteiger partial charge is 0.106 e. The highest BCUT2D eigenvalue weighted by Gasteiger charge is 2.18. The second-order valence-electron chi connectivity index (χ2n) is 3.30. The van der Waals surface area contributed by atoms with Gasteiger partial charge in [-0.2, -0.15) is 0 Å². The summed E-state index contributed by atoms with van der Waals surface area (Å²) in [6, 6.07) is 1.80. The van der Waals surface area contributed by atoms with Crippen LogP contribution in [0.4, 0.5) is 0 Å². The predicted molar refractivity (Wildman–Crippen MR) is 57.7 cm³/mol. The average molecular weight is 232 g/mol. The van der Waals surface area contributed by atoms with E-state index in [1.54, 1.807) is 18.6 Å². The molecular formula is C10H16O4S. The third-order valence-electron chi connectivity index (χ3n) is 2.09. The lowest BCUT2D eigenvalue weighted by Crippen LogP contribution is -2.18. The molecule has 0 amide bonds. The van der Waals surface area contributed by atoms with Gasteiger partial charge in [0.1, 0.15) is 6.10 Å². The molecule has 86 valence electrons. The van der Waals surface area contributed by atoms with Crippen molar-refractivity contribution in [2.45, 2.75) is 25.2 Å². The van der Waals surface area contributed by atoms with Crippen molar-refractivity contribution in [2.24, 2.45) is 0 Å². The van der Waals surface area contributed by atoms with Crippen LogP contribution in [0.5, 0.6) is 0 Å². The molecule has 3 N–H and O–H groups in total. The van der Waals surface area contributed by atoms with E-state index in [2.05, 4.69) is 0 Å². The summed E-state index contributed by atoms with van der Waals surface area (Å²) in [5, 5.41) is 29.6. The standard InChI is InChI=1S/C10H16O4S/c1-14-5-8-4-7(6-15-8)10(13)9(12)2-3-11/h4,6,9-13H,2-3,5H2,1H3. The molecule has 2 unspecified atom stereocenters. The number of ether oxygens (including phenoxy) is 1. The van der Waals surface area contributed by atoms with Crippen LogP contribution in [0.3, 0.4) is 0 Å². The van der Waals surface area contributed by atoms with E-state index >= 15 is 0 Å². The summed E-state index contributed by atoms with van der Waals surface area (Å²) in [6.07, 6.45) is -1.67. The van der Waals surface area contributed by atoms with E-state index in [1.807, 2.05) is 0 Å². The number of aliphatic hydroxyl groups excluding tert-OH is 3. The molecule has 0 spiro atoms. The summed E-state index contributed by atoms with van der Waals surface area (Å²) < 4.78 is 4.96. The van der Waals surface area contributed by atoms with E-state index in [4.69, 9.17) is 9.84 Å². The van der Waals surface area contributed by atoms with Crippen molar-refractivity contribution in [1.82, 2.24) is 0 Å². The minimum atomic E-state index is -0.931. The van der Waals surface area contributed by atoms with E-state index in [9.17, 15) is 10.2 Å². The lowest BCUT2D eigenvalue weighted by atomic mass is 10.1. The zero-order valence-corrected chi connectivity index (χ0v) is 9.41. The van der Waals surface area contributed by atoms with Crippen LogP contribution in [-0.2, 0) is 11.3 Å². The Hall–Kier alpha value is -0.460. The van der Waals surface area contributed by atoms with Crippen LogP contribution in [0.2, 0.25) is 0 Å². The molecule has 2 atom stereocenters. The SMILES string of the molecule is COCc1cc(C(O)C(O)CCO)cs1. The maximum Gasteiger partial charge on any atom is 0.106 e. The van der Waals surface area contributed by atoms with Crippen molar-refractivity contribution in [1.29, 1.82) is 0 Å². The second kappa shape index (κ2) is 6.19. The number of methoxy groups -OCH3 is 1. The Morgan fingerprint density at radius 3 is 2.80 bits per heavy atom. The summed E-state index contributed by atoms with van der Waals surface area (Å²) in [6.45, 7) is 0.376. The molecule has 0 aliphatic carbocycles. The molecule has 1 heterocycles. The normalized spacial score (nSPS) is 15.2. The fraction of sp³-hybridized carbons (Fsp3) is 0.600. The Balaban J connectivity index is 2.60. The number of hydrogen-bond donors (Lipinski definition) is 3. The first-order valence-electron chi connectivity index (χ1n) is 4.72. The van der Waals surface area contributed by atoms with Gasteiger partial charge >= 0.3 is 0 Å². The van der Waals surface area contributed by atoms with E-state index in [-0.39, 0.29) is 13.0 Å². The highest BCUT2D eigenvalue weighted by molar-refractivity contribution is 7.10. The maximum absolute atomic E-state index is 9.71. The van der Waals surface area contributed by atoms with Crippen LogP contribution < -0.4 is 0 Å². The predicted octanol–water partition coefficient (Wildman–Crippen LogP) is 0.671. The van der Waals surface area contributed by atoms with Crippen molar-refractivity contribution in [3.8, 4) is 0 Å². The summed E-state index contributed by atoms with van der Waals surface area (Å²) in [5.74, 6) is 0. The quantitative estimate of drug-likeness (QED) is 0.674. The van der Waals surface area contributed by atoms with Gasteiger partial charge in [-0.05, 0) is 23.4 Å². The molecule has 1 rings (SSSR count). The molecule has 0 fully saturated rings. The van der Waals surface area contributed by atoms with Gasteiger partial charge in [0.05, 0.1) is 12.7 Å². The molecule has 15 heavy (non-hydrogen) atoms. The van der Waals surface area contributed by atoms with Gasteiger partial charge in [-0.15, -0.1) is 11.3 Å². The van der Waals surface area contributed by atoms with Crippen molar-refractivity contribution in [3.63, 3.8) is 0 Å². The summed E-state index contributed by atoms with van der Waals surface area (Å²) >= 11 is 1.48. The van der Waals surface area contributed by atoms with E-state index < -0.39 is 12.2 Å². The van der Waals surface area contributed by atoms with Crippen LogP contribution in [0.15, 0.2) is 11.4 Å². The number of aliphatic hydroxyl groups is 3. The number of rotatable bonds is 6. The third-order valence-corrected chi connectivity index (χ3v) is 3.02. The third kappa shape index (κ3) is 3.55. The van der Waals surface area contributed by atoms with Crippen molar-refractivity contribution in [2.75, 3.05) is 13.7 Å². The first kappa shape index (κ1) is 12.6. The van der Waals surface area contributed by atoms with Crippen molar-refractivity contribution >= 4 is 11.3 Å². The molecule has 1 aromatic rings. The molecule has 0 radical (unpaired) electrons. The minimum absolute atomic E-state index is 0.132. The van der Waals surface area contributed by atoms with E-state index in [0.29, 0.717) is 12.2 Å². The lowest BCUT2D eigenvalue weighted by Gasteiger charge is -2.15.